The number of nitrogens with one attached hydrogen (secondary N) is 2. The fourth-order valence-corrected chi connectivity index (χ4v) is 2.03. The number of rotatable bonds is 8. The van der Waals surface area contributed by atoms with Gasteiger partial charge in [-0.05, 0) is 20.3 Å². The molecule has 7 heteroatoms. The lowest BCUT2D eigenvalue weighted by atomic mass is 10.2. The van der Waals surface area contributed by atoms with E-state index in [9.17, 15) is 0 Å². The van der Waals surface area contributed by atoms with Crippen LogP contribution in [0, 0.1) is 6.92 Å². The van der Waals surface area contributed by atoms with E-state index in [1.165, 1.54) is 0 Å². The summed E-state index contributed by atoms with van der Waals surface area (Å²) in [5.74, 6) is 2.69. The van der Waals surface area contributed by atoms with Crippen LogP contribution >= 0.6 is 0 Å². The molecule has 0 aromatic carbocycles. The van der Waals surface area contributed by atoms with Crippen LogP contribution in [0.5, 0.6) is 0 Å². The lowest BCUT2D eigenvalue weighted by Gasteiger charge is -2.14. The first-order valence-corrected chi connectivity index (χ1v) is 7.44. The smallest absolute Gasteiger partial charge is 0.134 e. The summed E-state index contributed by atoms with van der Waals surface area (Å²) in [6, 6.07) is 0. The Labute approximate surface area is 125 Å². The van der Waals surface area contributed by atoms with Gasteiger partial charge in [-0.2, -0.15) is 0 Å². The second-order valence-corrected chi connectivity index (χ2v) is 4.79. The van der Waals surface area contributed by atoms with Crippen LogP contribution in [0.1, 0.15) is 31.7 Å². The number of nitrogens with zero attached hydrogens (tertiary/aromatic N) is 5. The molecule has 2 heterocycles. The maximum Gasteiger partial charge on any atom is 0.134 e. The third-order valence-electron chi connectivity index (χ3n) is 3.18. The van der Waals surface area contributed by atoms with Gasteiger partial charge in [0.2, 0.25) is 0 Å². The first-order chi connectivity index (χ1) is 10.2. The molecule has 2 rings (SSSR count). The van der Waals surface area contributed by atoms with Crippen molar-refractivity contribution in [3.05, 3.63) is 23.8 Å². The zero-order chi connectivity index (χ0) is 15.1. The summed E-state index contributed by atoms with van der Waals surface area (Å²) >= 11 is 0. The molecule has 114 valence electrons. The highest BCUT2D eigenvalue weighted by Crippen LogP contribution is 2.20. The minimum absolute atomic E-state index is 0.826. The van der Waals surface area contributed by atoms with Crippen molar-refractivity contribution in [2.24, 2.45) is 0 Å². The third kappa shape index (κ3) is 4.14. The quantitative estimate of drug-likeness (QED) is 0.722. The number of aromatic nitrogens is 5. The molecular weight excluding hydrogens is 266 g/mol. The van der Waals surface area contributed by atoms with E-state index >= 15 is 0 Å². The minimum atomic E-state index is 0.826. The molecular formula is C14H23N7. The maximum atomic E-state index is 4.57. The zero-order valence-corrected chi connectivity index (χ0v) is 12.9. The molecule has 7 nitrogen and oxygen atoms in total. The van der Waals surface area contributed by atoms with Gasteiger partial charge in [0, 0.05) is 37.8 Å². The van der Waals surface area contributed by atoms with Gasteiger partial charge in [0.15, 0.2) is 0 Å². The Kier molecular flexibility index (Phi) is 5.48. The first-order valence-electron chi connectivity index (χ1n) is 7.44. The van der Waals surface area contributed by atoms with Gasteiger partial charge in [-0.25, -0.2) is 9.97 Å². The summed E-state index contributed by atoms with van der Waals surface area (Å²) in [6.45, 7) is 8.71. The number of aryl methyl sites for hydroxylation is 2. The Morgan fingerprint density at radius 2 is 1.90 bits per heavy atom. The van der Waals surface area contributed by atoms with Gasteiger partial charge in [0.25, 0.3) is 0 Å². The van der Waals surface area contributed by atoms with E-state index in [4.69, 9.17) is 0 Å². The molecule has 2 aromatic rings. The zero-order valence-electron chi connectivity index (χ0n) is 12.9. The van der Waals surface area contributed by atoms with Crippen LogP contribution < -0.4 is 10.6 Å². The van der Waals surface area contributed by atoms with Crippen LogP contribution in [0.4, 0.5) is 11.6 Å². The number of hydrogen-bond acceptors (Lipinski definition) is 6. The van der Waals surface area contributed by atoms with Crippen LogP contribution in [-0.2, 0) is 13.0 Å². The van der Waals surface area contributed by atoms with Gasteiger partial charge in [0.05, 0.1) is 6.20 Å². The molecule has 0 aliphatic carbocycles. The molecule has 2 N–H and O–H groups in total. The molecule has 0 radical (unpaired) electrons. The van der Waals surface area contributed by atoms with Crippen LogP contribution in [0.15, 0.2) is 12.4 Å². The monoisotopic (exact) mass is 289 g/mol. The Balaban J connectivity index is 1.96. The average molecular weight is 289 g/mol. The van der Waals surface area contributed by atoms with Gasteiger partial charge in [-0.3, -0.25) is 4.68 Å². The van der Waals surface area contributed by atoms with E-state index in [0.717, 1.165) is 55.5 Å². The topological polar surface area (TPSA) is 80.5 Å². The van der Waals surface area contributed by atoms with Crippen LogP contribution in [0.25, 0.3) is 0 Å². The lowest BCUT2D eigenvalue weighted by molar-refractivity contribution is 0.569. The van der Waals surface area contributed by atoms with Crippen LogP contribution in [0.2, 0.25) is 0 Å². The van der Waals surface area contributed by atoms with Crippen molar-refractivity contribution in [3.8, 4) is 0 Å². The van der Waals surface area contributed by atoms with E-state index < -0.39 is 0 Å². The molecule has 0 bridgehead atoms. The molecule has 0 spiro atoms. The van der Waals surface area contributed by atoms with Gasteiger partial charge in [0.1, 0.15) is 17.5 Å². The normalized spacial score (nSPS) is 10.6. The highest BCUT2D eigenvalue weighted by Gasteiger charge is 2.09. The predicted molar refractivity (Wildman–Crippen MR) is 83.4 cm³/mol. The summed E-state index contributed by atoms with van der Waals surface area (Å²) in [5, 5.41) is 14.4. The van der Waals surface area contributed by atoms with Crippen molar-refractivity contribution in [3.63, 3.8) is 0 Å². The SMILES string of the molecule is CCNc1nc(CC)nc(NCCCn2ccnn2)c1C. The fraction of sp³-hybridized carbons (Fsp3) is 0.571. The van der Waals surface area contributed by atoms with Crippen molar-refractivity contribution < 1.29 is 0 Å². The summed E-state index contributed by atoms with van der Waals surface area (Å²) in [6.07, 6.45) is 5.35. The second kappa shape index (κ2) is 7.56. The standard InChI is InChI=1S/C14H23N7/c1-4-12-18-13(15-5-2)11(3)14(19-12)16-7-6-9-21-10-8-17-20-21/h8,10H,4-7,9H2,1-3H3,(H2,15,16,18,19). The Bertz CT molecular complexity index is 551. The van der Waals surface area contributed by atoms with Gasteiger partial charge in [-0.1, -0.05) is 12.1 Å². The van der Waals surface area contributed by atoms with E-state index in [0.29, 0.717) is 0 Å². The molecule has 0 unspecified atom stereocenters. The maximum absolute atomic E-state index is 4.57. The lowest BCUT2D eigenvalue weighted by Crippen LogP contribution is -2.13. The number of hydrogen-bond donors (Lipinski definition) is 2. The molecule has 0 aliphatic rings. The van der Waals surface area contributed by atoms with Crippen LogP contribution in [-0.4, -0.2) is 38.1 Å². The molecule has 0 saturated carbocycles. The van der Waals surface area contributed by atoms with Crippen LogP contribution in [0.3, 0.4) is 0 Å². The minimum Gasteiger partial charge on any atom is -0.370 e. The largest absolute Gasteiger partial charge is 0.370 e. The van der Waals surface area contributed by atoms with Crippen molar-refractivity contribution >= 4 is 11.6 Å². The Hall–Kier alpha value is -2.18. The van der Waals surface area contributed by atoms with E-state index in [-0.39, 0.29) is 0 Å². The van der Waals surface area contributed by atoms with E-state index in [1.807, 2.05) is 17.8 Å². The van der Waals surface area contributed by atoms with Crippen molar-refractivity contribution in [1.29, 1.82) is 0 Å². The predicted octanol–water partition coefficient (Wildman–Crippen LogP) is 1.87. The molecule has 0 aliphatic heterocycles. The summed E-state index contributed by atoms with van der Waals surface area (Å²) in [7, 11) is 0. The molecule has 2 aromatic heterocycles. The van der Waals surface area contributed by atoms with Gasteiger partial charge < -0.3 is 10.6 Å². The fourth-order valence-electron chi connectivity index (χ4n) is 2.03. The molecule has 0 atom stereocenters. The summed E-state index contributed by atoms with van der Waals surface area (Å²) in [5.41, 5.74) is 1.06. The summed E-state index contributed by atoms with van der Waals surface area (Å²) < 4.78 is 1.83. The van der Waals surface area contributed by atoms with Gasteiger partial charge in [-0.15, -0.1) is 5.10 Å². The van der Waals surface area contributed by atoms with E-state index in [2.05, 4.69) is 44.8 Å². The highest BCUT2D eigenvalue weighted by molar-refractivity contribution is 5.57. The first kappa shape index (κ1) is 15.2. The third-order valence-corrected chi connectivity index (χ3v) is 3.18. The molecule has 21 heavy (non-hydrogen) atoms. The Morgan fingerprint density at radius 1 is 1.14 bits per heavy atom. The van der Waals surface area contributed by atoms with E-state index in [1.54, 1.807) is 6.20 Å². The molecule has 0 fully saturated rings. The summed E-state index contributed by atoms with van der Waals surface area (Å²) in [4.78, 5) is 9.10. The Morgan fingerprint density at radius 3 is 2.52 bits per heavy atom. The van der Waals surface area contributed by atoms with Crippen molar-refractivity contribution in [2.75, 3.05) is 23.7 Å². The average Bonchev–Trinajstić information content (AvgIpc) is 3.00. The second-order valence-electron chi connectivity index (χ2n) is 4.79. The highest BCUT2D eigenvalue weighted by atomic mass is 15.4. The molecule has 0 amide bonds. The van der Waals surface area contributed by atoms with Gasteiger partial charge >= 0.3 is 0 Å². The van der Waals surface area contributed by atoms with Crippen molar-refractivity contribution in [1.82, 2.24) is 25.0 Å². The molecule has 0 saturated heterocycles. The number of anilines is 2. The van der Waals surface area contributed by atoms with Crippen molar-refractivity contribution in [2.45, 2.75) is 40.2 Å².